The number of hydrogen-bond acceptors (Lipinski definition) is 3. The molecule has 136 valence electrons. The lowest BCUT2D eigenvalue weighted by Gasteiger charge is -2.34. The number of urea groups is 1. The fraction of sp³-hybridized carbons (Fsp3) is 0.941. The van der Waals surface area contributed by atoms with Gasteiger partial charge in [-0.1, -0.05) is 47.5 Å². The van der Waals surface area contributed by atoms with Crippen molar-refractivity contribution in [1.82, 2.24) is 10.6 Å². The molecule has 23 heavy (non-hydrogen) atoms. The molecule has 0 saturated heterocycles. The Morgan fingerprint density at radius 2 is 1.91 bits per heavy atom. The zero-order valence-electron chi connectivity index (χ0n) is 15.2. The highest BCUT2D eigenvalue weighted by molar-refractivity contribution is 7.85. The average molecular weight is 347 g/mol. The zero-order valence-corrected chi connectivity index (χ0v) is 16.0. The molecule has 0 aliphatic heterocycles. The molecular weight excluding hydrogens is 312 g/mol. The smallest absolute Gasteiger partial charge is 0.315 e. The molecule has 0 aromatic heterocycles. The molecule has 1 saturated carbocycles. The van der Waals surface area contributed by atoms with E-state index in [0.29, 0.717) is 12.3 Å². The molecule has 1 rings (SSSR count). The van der Waals surface area contributed by atoms with Crippen molar-refractivity contribution in [1.29, 1.82) is 0 Å². The molecular formula is C17H34N2O3S. The summed E-state index contributed by atoms with van der Waals surface area (Å²) in [6.07, 6.45) is 3.49. The molecule has 2 amide bonds. The lowest BCUT2D eigenvalue weighted by atomic mass is 9.81. The van der Waals surface area contributed by atoms with E-state index in [2.05, 4.69) is 10.6 Å². The van der Waals surface area contributed by atoms with Crippen molar-refractivity contribution in [3.8, 4) is 0 Å². The molecule has 5 nitrogen and oxygen atoms in total. The molecule has 1 fully saturated rings. The first-order valence-electron chi connectivity index (χ1n) is 8.78. The monoisotopic (exact) mass is 346 g/mol. The molecule has 0 unspecified atom stereocenters. The van der Waals surface area contributed by atoms with E-state index >= 15 is 0 Å². The first kappa shape index (κ1) is 20.4. The predicted octanol–water partition coefficient (Wildman–Crippen LogP) is 2.41. The van der Waals surface area contributed by atoms with Crippen LogP contribution in [0.25, 0.3) is 0 Å². The van der Waals surface area contributed by atoms with Crippen molar-refractivity contribution in [3.63, 3.8) is 0 Å². The van der Waals surface area contributed by atoms with Crippen molar-refractivity contribution in [2.24, 2.45) is 11.3 Å². The van der Waals surface area contributed by atoms with Crippen LogP contribution in [-0.2, 0) is 10.8 Å². The van der Waals surface area contributed by atoms with Crippen LogP contribution < -0.4 is 10.6 Å². The van der Waals surface area contributed by atoms with E-state index in [1.807, 2.05) is 34.6 Å². The molecule has 6 heteroatoms. The van der Waals surface area contributed by atoms with Gasteiger partial charge >= 0.3 is 6.03 Å². The second-order valence-electron chi connectivity index (χ2n) is 7.60. The highest BCUT2D eigenvalue weighted by Crippen LogP contribution is 2.25. The van der Waals surface area contributed by atoms with Crippen LogP contribution in [0.4, 0.5) is 4.79 Å². The minimum absolute atomic E-state index is 0.0114. The van der Waals surface area contributed by atoms with Gasteiger partial charge in [0, 0.05) is 34.6 Å². The van der Waals surface area contributed by atoms with Crippen molar-refractivity contribution < 1.29 is 14.1 Å². The third-order valence-electron chi connectivity index (χ3n) is 4.78. The second kappa shape index (κ2) is 9.02. The summed E-state index contributed by atoms with van der Waals surface area (Å²) >= 11 is 0. The Morgan fingerprint density at radius 1 is 1.30 bits per heavy atom. The maximum Gasteiger partial charge on any atom is 0.315 e. The zero-order chi connectivity index (χ0) is 17.6. The van der Waals surface area contributed by atoms with Crippen LogP contribution in [0.1, 0.15) is 60.3 Å². The van der Waals surface area contributed by atoms with Gasteiger partial charge in [0.25, 0.3) is 0 Å². The Bertz CT molecular complexity index is 413. The largest absolute Gasteiger partial charge is 0.392 e. The Kier molecular flexibility index (Phi) is 8.01. The summed E-state index contributed by atoms with van der Waals surface area (Å²) < 4.78 is 12.1. The summed E-state index contributed by atoms with van der Waals surface area (Å²) in [4.78, 5) is 12.2. The molecule has 0 heterocycles. The third kappa shape index (κ3) is 6.07. The SMILES string of the molecule is CC[S@@](=O)[C@@H]1CCCC[C@@H]1NC(=O)NCC(C)(C)[C@@H](O)C(C)C. The molecule has 0 aromatic rings. The Hall–Kier alpha value is -0.620. The standard InChI is InChI=1S/C17H34N2O3S/c1-6-23(22)14-10-8-7-9-13(14)19-16(21)18-11-17(4,5)15(20)12(2)3/h12-15,20H,6-11H2,1-5H3,(H2,18,19,21)/t13-,14+,15-,23+/m0/s1. The minimum atomic E-state index is -0.877. The van der Waals surface area contributed by atoms with Crippen molar-refractivity contribution in [2.75, 3.05) is 12.3 Å². The van der Waals surface area contributed by atoms with Gasteiger partial charge in [-0.2, -0.15) is 0 Å². The van der Waals surface area contributed by atoms with Crippen LogP contribution in [0, 0.1) is 11.3 Å². The van der Waals surface area contributed by atoms with Gasteiger partial charge in [-0.15, -0.1) is 0 Å². The lowest BCUT2D eigenvalue weighted by Crippen LogP contribution is -2.53. The van der Waals surface area contributed by atoms with Gasteiger partial charge in [0.15, 0.2) is 0 Å². The number of hydrogen-bond donors (Lipinski definition) is 3. The van der Waals surface area contributed by atoms with E-state index < -0.39 is 16.9 Å². The van der Waals surface area contributed by atoms with Crippen molar-refractivity contribution in [2.45, 2.75) is 77.7 Å². The number of nitrogens with one attached hydrogen (secondary N) is 2. The second-order valence-corrected chi connectivity index (χ2v) is 9.55. The van der Waals surface area contributed by atoms with Gasteiger partial charge in [-0.3, -0.25) is 4.21 Å². The minimum Gasteiger partial charge on any atom is -0.392 e. The Morgan fingerprint density at radius 3 is 2.48 bits per heavy atom. The van der Waals surface area contributed by atoms with Gasteiger partial charge in [0.1, 0.15) is 0 Å². The van der Waals surface area contributed by atoms with E-state index in [-0.39, 0.29) is 28.7 Å². The summed E-state index contributed by atoms with van der Waals surface area (Å²) in [5, 5.41) is 16.2. The van der Waals surface area contributed by atoms with Gasteiger partial charge in [0.2, 0.25) is 0 Å². The van der Waals surface area contributed by atoms with Gasteiger partial charge in [-0.05, 0) is 18.8 Å². The highest BCUT2D eigenvalue weighted by atomic mass is 32.2. The van der Waals surface area contributed by atoms with Crippen LogP contribution in [0.2, 0.25) is 0 Å². The third-order valence-corrected chi connectivity index (χ3v) is 6.59. The fourth-order valence-electron chi connectivity index (χ4n) is 3.33. The number of aliphatic hydroxyl groups is 1. The molecule has 1 aliphatic rings. The van der Waals surface area contributed by atoms with Crippen molar-refractivity contribution >= 4 is 16.8 Å². The average Bonchev–Trinajstić information content (AvgIpc) is 2.52. The van der Waals surface area contributed by atoms with E-state index in [0.717, 1.165) is 25.7 Å². The normalized spacial score (nSPS) is 25.0. The molecule has 0 bridgehead atoms. The van der Waals surface area contributed by atoms with E-state index in [9.17, 15) is 14.1 Å². The molecule has 0 aromatic carbocycles. The number of amides is 2. The van der Waals surface area contributed by atoms with Crippen LogP contribution in [-0.4, -0.2) is 45.0 Å². The van der Waals surface area contributed by atoms with Crippen LogP contribution in [0.15, 0.2) is 0 Å². The predicted molar refractivity (Wildman–Crippen MR) is 95.9 cm³/mol. The number of rotatable bonds is 7. The quantitative estimate of drug-likeness (QED) is 0.662. The van der Waals surface area contributed by atoms with Gasteiger partial charge in [-0.25, -0.2) is 4.79 Å². The summed E-state index contributed by atoms with van der Waals surface area (Å²) in [7, 11) is -0.877. The molecule has 4 atom stereocenters. The maximum absolute atomic E-state index is 12.2. The molecule has 3 N–H and O–H groups in total. The highest BCUT2D eigenvalue weighted by Gasteiger charge is 2.32. The van der Waals surface area contributed by atoms with E-state index in [1.54, 1.807) is 0 Å². The van der Waals surface area contributed by atoms with E-state index in [4.69, 9.17) is 0 Å². The fourth-order valence-corrected chi connectivity index (χ4v) is 4.75. The summed E-state index contributed by atoms with van der Waals surface area (Å²) in [6, 6.07) is -0.235. The van der Waals surface area contributed by atoms with E-state index in [1.165, 1.54) is 0 Å². The first-order chi connectivity index (χ1) is 10.7. The summed E-state index contributed by atoms with van der Waals surface area (Å²) in [6.45, 7) is 10.2. The molecule has 1 aliphatic carbocycles. The summed E-state index contributed by atoms with van der Waals surface area (Å²) in [5.74, 6) is 0.780. The summed E-state index contributed by atoms with van der Waals surface area (Å²) in [5.41, 5.74) is -0.385. The maximum atomic E-state index is 12.2. The first-order valence-corrected chi connectivity index (χ1v) is 10.2. The van der Waals surface area contributed by atoms with Gasteiger partial charge < -0.3 is 15.7 Å². The number of carbonyl (C=O) groups excluding carboxylic acids is 1. The number of aliphatic hydroxyl groups excluding tert-OH is 1. The molecule has 0 radical (unpaired) electrons. The van der Waals surface area contributed by atoms with Gasteiger partial charge in [0.05, 0.1) is 11.4 Å². The van der Waals surface area contributed by atoms with Crippen LogP contribution in [0.5, 0.6) is 0 Å². The number of carbonyl (C=O) groups is 1. The Labute approximate surface area is 143 Å². The topological polar surface area (TPSA) is 78.4 Å². The van der Waals surface area contributed by atoms with Crippen molar-refractivity contribution in [3.05, 3.63) is 0 Å². The van der Waals surface area contributed by atoms with Crippen LogP contribution >= 0.6 is 0 Å². The molecule has 0 spiro atoms. The Balaban J connectivity index is 2.53. The lowest BCUT2D eigenvalue weighted by molar-refractivity contribution is 0.0151. The van der Waals surface area contributed by atoms with Crippen LogP contribution in [0.3, 0.4) is 0 Å².